The first-order valence-electron chi connectivity index (χ1n) is 4.83. The number of aliphatic carboxylic acids is 1. The van der Waals surface area contributed by atoms with Crippen LogP contribution in [0, 0.1) is 11.8 Å². The number of carbonyl (C=O) groups is 1. The van der Waals surface area contributed by atoms with Crippen molar-refractivity contribution >= 4 is 12.0 Å². The van der Waals surface area contributed by atoms with Crippen LogP contribution in [-0.4, -0.2) is 11.1 Å². The monoisotopic (exact) mass is 206 g/mol. The van der Waals surface area contributed by atoms with Crippen molar-refractivity contribution in [1.29, 1.82) is 0 Å². The molecular weight excluding hydrogens is 195 g/mol. The van der Waals surface area contributed by atoms with Gasteiger partial charge in [-0.15, -0.1) is 0 Å². The Bertz CT molecular complexity index is 397. The molecule has 1 aliphatic carbocycles. The summed E-state index contributed by atoms with van der Waals surface area (Å²) in [5.41, 5.74) is 0.769. The van der Waals surface area contributed by atoms with Crippen LogP contribution in [0.2, 0.25) is 0 Å². The molecular formula is C12H11FO2. The molecule has 2 rings (SSSR count). The van der Waals surface area contributed by atoms with E-state index in [4.69, 9.17) is 5.11 Å². The van der Waals surface area contributed by atoms with Crippen molar-refractivity contribution in [3.63, 3.8) is 0 Å². The SMILES string of the molecule is O=C(O)C1CC1/C(F)=C/c1ccccc1. The number of carboxylic acid groups (broad SMARTS) is 1. The maximum Gasteiger partial charge on any atom is 0.307 e. The normalized spacial score (nSPS) is 25.0. The van der Waals surface area contributed by atoms with Crippen LogP contribution in [0.4, 0.5) is 4.39 Å². The van der Waals surface area contributed by atoms with Gasteiger partial charge in [-0.2, -0.15) is 0 Å². The largest absolute Gasteiger partial charge is 0.481 e. The Morgan fingerprint density at radius 3 is 2.53 bits per heavy atom. The van der Waals surface area contributed by atoms with Gasteiger partial charge in [0, 0.05) is 5.92 Å². The van der Waals surface area contributed by atoms with Gasteiger partial charge in [0.2, 0.25) is 0 Å². The Balaban J connectivity index is 2.07. The topological polar surface area (TPSA) is 37.3 Å². The molecule has 2 atom stereocenters. The zero-order chi connectivity index (χ0) is 10.8. The van der Waals surface area contributed by atoms with E-state index in [-0.39, 0.29) is 5.83 Å². The minimum atomic E-state index is -0.906. The molecule has 1 aromatic carbocycles. The Hall–Kier alpha value is -1.64. The van der Waals surface area contributed by atoms with Crippen molar-refractivity contribution in [3.05, 3.63) is 41.7 Å². The van der Waals surface area contributed by atoms with Crippen molar-refractivity contribution in [2.75, 3.05) is 0 Å². The molecule has 0 aliphatic heterocycles. The van der Waals surface area contributed by atoms with Gasteiger partial charge in [0.25, 0.3) is 0 Å². The van der Waals surface area contributed by atoms with Crippen molar-refractivity contribution in [2.24, 2.45) is 11.8 Å². The number of rotatable bonds is 3. The predicted molar refractivity (Wildman–Crippen MR) is 54.8 cm³/mol. The van der Waals surface area contributed by atoms with Crippen molar-refractivity contribution in [1.82, 2.24) is 0 Å². The molecule has 0 radical (unpaired) electrons. The smallest absolute Gasteiger partial charge is 0.307 e. The van der Waals surface area contributed by atoms with E-state index in [0.717, 1.165) is 5.56 Å². The van der Waals surface area contributed by atoms with E-state index in [1.165, 1.54) is 6.08 Å². The maximum absolute atomic E-state index is 13.5. The highest BCUT2D eigenvalue weighted by atomic mass is 19.1. The Morgan fingerprint density at radius 2 is 2.00 bits per heavy atom. The van der Waals surface area contributed by atoms with E-state index in [2.05, 4.69) is 0 Å². The molecule has 0 spiro atoms. The summed E-state index contributed by atoms with van der Waals surface area (Å²) < 4.78 is 13.5. The molecule has 78 valence electrons. The van der Waals surface area contributed by atoms with E-state index in [0.29, 0.717) is 6.42 Å². The van der Waals surface area contributed by atoms with Gasteiger partial charge in [-0.3, -0.25) is 4.79 Å². The van der Waals surface area contributed by atoms with Crippen LogP contribution >= 0.6 is 0 Å². The lowest BCUT2D eigenvalue weighted by atomic mass is 10.1. The van der Waals surface area contributed by atoms with Crippen LogP contribution in [0.1, 0.15) is 12.0 Å². The summed E-state index contributed by atoms with van der Waals surface area (Å²) in [7, 11) is 0. The van der Waals surface area contributed by atoms with Gasteiger partial charge >= 0.3 is 5.97 Å². The van der Waals surface area contributed by atoms with Gasteiger partial charge in [0.05, 0.1) is 5.92 Å². The highest BCUT2D eigenvalue weighted by Crippen LogP contribution is 2.45. The van der Waals surface area contributed by atoms with Crippen molar-refractivity contribution in [3.8, 4) is 0 Å². The molecule has 1 fully saturated rings. The molecule has 1 saturated carbocycles. The van der Waals surface area contributed by atoms with E-state index < -0.39 is 17.8 Å². The summed E-state index contributed by atoms with van der Waals surface area (Å²) in [5, 5.41) is 8.64. The van der Waals surface area contributed by atoms with Crippen LogP contribution in [0.25, 0.3) is 6.08 Å². The fourth-order valence-corrected chi connectivity index (χ4v) is 1.59. The number of halogens is 1. The average molecular weight is 206 g/mol. The molecule has 3 heteroatoms. The summed E-state index contributed by atoms with van der Waals surface area (Å²) in [4.78, 5) is 10.5. The van der Waals surface area contributed by atoms with Crippen molar-refractivity contribution in [2.45, 2.75) is 6.42 Å². The van der Waals surface area contributed by atoms with Gasteiger partial charge in [0.1, 0.15) is 5.83 Å². The third-order valence-corrected chi connectivity index (χ3v) is 2.57. The number of hydrogen-bond acceptors (Lipinski definition) is 1. The standard InChI is InChI=1S/C12H11FO2/c13-11(9-7-10(9)12(14)15)6-8-4-2-1-3-5-8/h1-6,9-10H,7H2,(H,14,15)/b11-6-. The number of carboxylic acids is 1. The zero-order valence-corrected chi connectivity index (χ0v) is 8.06. The Kier molecular flexibility index (Phi) is 2.54. The second-order valence-corrected chi connectivity index (χ2v) is 3.73. The van der Waals surface area contributed by atoms with E-state index >= 15 is 0 Å². The van der Waals surface area contributed by atoms with Crippen LogP contribution < -0.4 is 0 Å². The first kappa shape index (κ1) is 9.90. The average Bonchev–Trinajstić information content (AvgIpc) is 2.98. The summed E-state index contributed by atoms with van der Waals surface area (Å²) in [6, 6.07) is 9.07. The Morgan fingerprint density at radius 1 is 1.33 bits per heavy atom. The van der Waals surface area contributed by atoms with Gasteiger partial charge in [-0.25, -0.2) is 4.39 Å². The molecule has 15 heavy (non-hydrogen) atoms. The van der Waals surface area contributed by atoms with Crippen LogP contribution in [0.15, 0.2) is 36.2 Å². The molecule has 0 bridgehead atoms. The molecule has 0 amide bonds. The highest BCUT2D eigenvalue weighted by Gasteiger charge is 2.46. The first-order valence-corrected chi connectivity index (χ1v) is 4.83. The lowest BCUT2D eigenvalue weighted by Gasteiger charge is -1.95. The van der Waals surface area contributed by atoms with E-state index in [1.807, 2.05) is 18.2 Å². The maximum atomic E-state index is 13.5. The summed E-state index contributed by atoms with van der Waals surface area (Å²) in [5.74, 6) is -2.17. The second kappa shape index (κ2) is 3.85. The number of hydrogen-bond donors (Lipinski definition) is 1. The highest BCUT2D eigenvalue weighted by molar-refractivity contribution is 5.75. The number of allylic oxidation sites excluding steroid dienone is 1. The fraction of sp³-hybridized carbons (Fsp3) is 0.250. The van der Waals surface area contributed by atoms with Gasteiger partial charge in [-0.1, -0.05) is 30.3 Å². The minimum absolute atomic E-state index is 0.325. The van der Waals surface area contributed by atoms with Gasteiger partial charge < -0.3 is 5.11 Å². The molecule has 0 saturated heterocycles. The van der Waals surface area contributed by atoms with Gasteiger partial charge in [-0.05, 0) is 18.1 Å². The molecule has 0 aromatic heterocycles. The van der Waals surface area contributed by atoms with Gasteiger partial charge in [0.15, 0.2) is 0 Å². The van der Waals surface area contributed by atoms with Crippen LogP contribution in [0.3, 0.4) is 0 Å². The lowest BCUT2D eigenvalue weighted by molar-refractivity contribution is -0.138. The first-order chi connectivity index (χ1) is 7.18. The molecule has 2 nitrogen and oxygen atoms in total. The minimum Gasteiger partial charge on any atom is -0.481 e. The molecule has 2 unspecified atom stereocenters. The second-order valence-electron chi connectivity index (χ2n) is 3.73. The fourth-order valence-electron chi connectivity index (χ4n) is 1.59. The lowest BCUT2D eigenvalue weighted by Crippen LogP contribution is -1.99. The van der Waals surface area contributed by atoms with Crippen LogP contribution in [0.5, 0.6) is 0 Å². The third kappa shape index (κ3) is 2.24. The van der Waals surface area contributed by atoms with E-state index in [1.54, 1.807) is 12.1 Å². The summed E-state index contributed by atoms with van der Waals surface area (Å²) in [6.45, 7) is 0. The Labute approximate surface area is 87.0 Å². The summed E-state index contributed by atoms with van der Waals surface area (Å²) in [6.07, 6.45) is 1.83. The number of benzene rings is 1. The molecule has 1 aromatic rings. The third-order valence-electron chi connectivity index (χ3n) is 2.57. The molecule has 0 heterocycles. The predicted octanol–water partition coefficient (Wildman–Crippen LogP) is 2.72. The zero-order valence-electron chi connectivity index (χ0n) is 8.06. The van der Waals surface area contributed by atoms with E-state index in [9.17, 15) is 9.18 Å². The van der Waals surface area contributed by atoms with Crippen molar-refractivity contribution < 1.29 is 14.3 Å². The molecule has 1 aliphatic rings. The summed E-state index contributed by atoms with van der Waals surface area (Å²) >= 11 is 0. The van der Waals surface area contributed by atoms with Crippen LogP contribution in [-0.2, 0) is 4.79 Å². The quantitative estimate of drug-likeness (QED) is 0.825. The molecule has 1 N–H and O–H groups in total.